The molecule has 0 fully saturated rings. The van der Waals surface area contributed by atoms with Gasteiger partial charge >= 0.3 is 5.97 Å². The number of methoxy groups -OCH3 is 1. The van der Waals surface area contributed by atoms with Crippen LogP contribution in [0, 0.1) is 25.6 Å². The second-order valence-corrected chi connectivity index (χ2v) is 6.33. The SMILES string of the molecule is COC(=O)C1CC(c2cc(C)cc(C)c2)=NN(c2cccc(F)c2)C1=O. The number of anilines is 1. The molecule has 1 unspecified atom stereocenters. The summed E-state index contributed by atoms with van der Waals surface area (Å²) >= 11 is 0. The van der Waals surface area contributed by atoms with E-state index in [1.54, 1.807) is 6.07 Å². The maximum Gasteiger partial charge on any atom is 0.318 e. The third kappa shape index (κ3) is 3.49. The van der Waals surface area contributed by atoms with Gasteiger partial charge in [-0.3, -0.25) is 9.59 Å². The topological polar surface area (TPSA) is 59.0 Å². The second kappa shape index (κ2) is 7.07. The lowest BCUT2D eigenvalue weighted by atomic mass is 9.93. The predicted molar refractivity (Wildman–Crippen MR) is 96.5 cm³/mol. The van der Waals surface area contributed by atoms with E-state index in [-0.39, 0.29) is 12.1 Å². The Bertz CT molecular complexity index is 887. The van der Waals surface area contributed by atoms with Gasteiger partial charge in [0.05, 0.1) is 18.5 Å². The van der Waals surface area contributed by atoms with E-state index in [9.17, 15) is 14.0 Å². The molecule has 0 saturated carbocycles. The van der Waals surface area contributed by atoms with Crippen LogP contribution in [0.2, 0.25) is 0 Å². The van der Waals surface area contributed by atoms with E-state index in [4.69, 9.17) is 4.74 Å². The van der Waals surface area contributed by atoms with Crippen molar-refractivity contribution in [3.63, 3.8) is 0 Å². The zero-order valence-corrected chi connectivity index (χ0v) is 14.8. The number of aryl methyl sites for hydroxylation is 2. The molecule has 1 heterocycles. The number of hydrogen-bond donors (Lipinski definition) is 0. The van der Waals surface area contributed by atoms with Crippen LogP contribution in [-0.4, -0.2) is 24.7 Å². The summed E-state index contributed by atoms with van der Waals surface area (Å²) in [6, 6.07) is 11.5. The normalized spacial score (nSPS) is 17.1. The van der Waals surface area contributed by atoms with Gasteiger partial charge in [0.25, 0.3) is 5.91 Å². The fourth-order valence-electron chi connectivity index (χ4n) is 3.08. The highest BCUT2D eigenvalue weighted by Gasteiger charge is 2.38. The highest BCUT2D eigenvalue weighted by atomic mass is 19.1. The molecule has 0 N–H and O–H groups in total. The zero-order valence-electron chi connectivity index (χ0n) is 14.8. The van der Waals surface area contributed by atoms with Gasteiger partial charge in [-0.25, -0.2) is 4.39 Å². The second-order valence-electron chi connectivity index (χ2n) is 6.33. The molecule has 0 radical (unpaired) electrons. The Labute approximate surface area is 151 Å². The number of halogens is 1. The number of ether oxygens (including phenoxy) is 1. The summed E-state index contributed by atoms with van der Waals surface area (Å²) < 4.78 is 18.4. The minimum atomic E-state index is -1.02. The summed E-state index contributed by atoms with van der Waals surface area (Å²) in [5.41, 5.74) is 3.77. The number of amides is 1. The third-order valence-electron chi connectivity index (χ3n) is 4.22. The number of carbonyl (C=O) groups is 2. The first kappa shape index (κ1) is 17.8. The lowest BCUT2D eigenvalue weighted by Crippen LogP contribution is -2.43. The molecule has 0 aliphatic carbocycles. The molecule has 1 aliphatic rings. The number of carbonyl (C=O) groups excluding carboxylic acids is 2. The van der Waals surface area contributed by atoms with E-state index < -0.39 is 23.6 Å². The quantitative estimate of drug-likeness (QED) is 0.627. The molecule has 0 spiro atoms. The van der Waals surface area contributed by atoms with Crippen molar-refractivity contribution in [2.45, 2.75) is 20.3 Å². The van der Waals surface area contributed by atoms with Gasteiger partial charge in [-0.05, 0) is 37.6 Å². The van der Waals surface area contributed by atoms with Gasteiger partial charge in [-0.2, -0.15) is 10.1 Å². The summed E-state index contributed by atoms with van der Waals surface area (Å²) in [7, 11) is 1.24. The molecular weight excluding hydrogens is 335 g/mol. The van der Waals surface area contributed by atoms with Crippen molar-refractivity contribution in [3.8, 4) is 0 Å². The third-order valence-corrected chi connectivity index (χ3v) is 4.22. The number of hydrogen-bond acceptors (Lipinski definition) is 4. The van der Waals surface area contributed by atoms with Crippen molar-refractivity contribution in [2.75, 3.05) is 12.1 Å². The standard InChI is InChI=1S/C20H19FN2O3/c1-12-7-13(2)9-14(8-12)18-11-17(20(25)26-3)19(24)23(22-18)16-6-4-5-15(21)10-16/h4-10,17H,11H2,1-3H3. The first-order chi connectivity index (χ1) is 12.4. The van der Waals surface area contributed by atoms with Gasteiger partial charge in [-0.1, -0.05) is 35.4 Å². The number of hydrazone groups is 1. The van der Waals surface area contributed by atoms with Gasteiger partial charge in [0.2, 0.25) is 0 Å². The molecule has 3 rings (SSSR count). The molecule has 2 aromatic rings. The fourth-order valence-corrected chi connectivity index (χ4v) is 3.08. The molecular formula is C20H19FN2O3. The minimum Gasteiger partial charge on any atom is -0.468 e. The van der Waals surface area contributed by atoms with E-state index in [1.165, 1.54) is 25.3 Å². The summed E-state index contributed by atoms with van der Waals surface area (Å²) in [6.45, 7) is 3.93. The fraction of sp³-hybridized carbons (Fsp3) is 0.250. The van der Waals surface area contributed by atoms with Crippen LogP contribution in [0.3, 0.4) is 0 Å². The van der Waals surface area contributed by atoms with Crippen LogP contribution < -0.4 is 5.01 Å². The molecule has 0 bridgehead atoms. The van der Waals surface area contributed by atoms with Crippen molar-refractivity contribution < 1.29 is 18.7 Å². The van der Waals surface area contributed by atoms with Crippen molar-refractivity contribution in [1.29, 1.82) is 0 Å². The van der Waals surface area contributed by atoms with Crippen molar-refractivity contribution in [1.82, 2.24) is 0 Å². The highest BCUT2D eigenvalue weighted by molar-refractivity contribution is 6.15. The maximum absolute atomic E-state index is 13.6. The molecule has 6 heteroatoms. The van der Waals surface area contributed by atoms with Crippen LogP contribution in [0.1, 0.15) is 23.1 Å². The molecule has 0 aromatic heterocycles. The van der Waals surface area contributed by atoms with Crippen LogP contribution in [0.25, 0.3) is 0 Å². The first-order valence-corrected chi connectivity index (χ1v) is 8.22. The number of nitrogens with zero attached hydrogens (tertiary/aromatic N) is 2. The van der Waals surface area contributed by atoms with Gasteiger partial charge < -0.3 is 4.74 Å². The average Bonchev–Trinajstić information content (AvgIpc) is 2.60. The summed E-state index contributed by atoms with van der Waals surface area (Å²) in [5, 5.41) is 5.50. The Balaban J connectivity index is 2.11. The Morgan fingerprint density at radius 1 is 1.19 bits per heavy atom. The Morgan fingerprint density at radius 3 is 2.50 bits per heavy atom. The lowest BCUT2D eigenvalue weighted by molar-refractivity contribution is -0.149. The van der Waals surface area contributed by atoms with Gasteiger partial charge in [0.1, 0.15) is 11.7 Å². The summed E-state index contributed by atoms with van der Waals surface area (Å²) in [6.07, 6.45) is 0.139. The molecule has 1 amide bonds. The maximum atomic E-state index is 13.6. The van der Waals surface area contributed by atoms with Gasteiger partial charge in [0, 0.05) is 6.42 Å². The number of rotatable bonds is 3. The Hall–Kier alpha value is -3.02. The number of benzene rings is 2. The minimum absolute atomic E-state index is 0.139. The molecule has 5 nitrogen and oxygen atoms in total. The van der Waals surface area contributed by atoms with E-state index in [0.717, 1.165) is 21.7 Å². The van der Waals surface area contributed by atoms with Gasteiger partial charge in [-0.15, -0.1) is 0 Å². The molecule has 134 valence electrons. The highest BCUT2D eigenvalue weighted by Crippen LogP contribution is 2.27. The van der Waals surface area contributed by atoms with E-state index >= 15 is 0 Å². The molecule has 1 atom stereocenters. The van der Waals surface area contributed by atoms with Gasteiger partial charge in [0.15, 0.2) is 0 Å². The summed E-state index contributed by atoms with van der Waals surface area (Å²) in [5.74, 6) is -2.67. The van der Waals surface area contributed by atoms with Crippen LogP contribution in [0.5, 0.6) is 0 Å². The molecule has 0 saturated heterocycles. The van der Waals surface area contributed by atoms with Crippen LogP contribution >= 0.6 is 0 Å². The molecule has 26 heavy (non-hydrogen) atoms. The first-order valence-electron chi connectivity index (χ1n) is 8.22. The lowest BCUT2D eigenvalue weighted by Gasteiger charge is -2.28. The average molecular weight is 354 g/mol. The monoisotopic (exact) mass is 354 g/mol. The van der Waals surface area contributed by atoms with E-state index in [0.29, 0.717) is 5.71 Å². The van der Waals surface area contributed by atoms with Crippen molar-refractivity contribution in [3.05, 3.63) is 65.0 Å². The smallest absolute Gasteiger partial charge is 0.318 e. The Kier molecular flexibility index (Phi) is 4.84. The molecule has 1 aliphatic heterocycles. The Morgan fingerprint density at radius 2 is 1.88 bits per heavy atom. The largest absolute Gasteiger partial charge is 0.468 e. The predicted octanol–water partition coefficient (Wildman–Crippen LogP) is 3.37. The zero-order chi connectivity index (χ0) is 18.8. The van der Waals surface area contributed by atoms with E-state index in [2.05, 4.69) is 5.10 Å². The summed E-state index contributed by atoms with van der Waals surface area (Å²) in [4.78, 5) is 24.9. The van der Waals surface area contributed by atoms with Crippen LogP contribution in [0.15, 0.2) is 47.6 Å². The van der Waals surface area contributed by atoms with Crippen molar-refractivity contribution in [2.24, 2.45) is 11.0 Å². The van der Waals surface area contributed by atoms with Crippen LogP contribution in [0.4, 0.5) is 10.1 Å². The molecule has 2 aromatic carbocycles. The van der Waals surface area contributed by atoms with Crippen molar-refractivity contribution >= 4 is 23.3 Å². The van der Waals surface area contributed by atoms with E-state index in [1.807, 2.05) is 32.0 Å². The van der Waals surface area contributed by atoms with Crippen LogP contribution in [-0.2, 0) is 14.3 Å². The number of esters is 1.